The molecular formula is C21H25N7O. The molecule has 1 aliphatic heterocycles. The first kappa shape index (κ1) is 19.1. The fourth-order valence-electron chi connectivity index (χ4n) is 3.64. The van der Waals surface area contributed by atoms with Gasteiger partial charge in [-0.3, -0.25) is 9.48 Å². The normalized spacial score (nSPS) is 15.6. The molecule has 0 aliphatic carbocycles. The molecule has 150 valence electrons. The first-order chi connectivity index (χ1) is 14.3. The van der Waals surface area contributed by atoms with Gasteiger partial charge in [-0.1, -0.05) is 30.3 Å². The molecule has 0 bridgehead atoms. The Bertz CT molecular complexity index is 904. The van der Waals surface area contributed by atoms with Crippen molar-refractivity contribution in [3.63, 3.8) is 0 Å². The van der Waals surface area contributed by atoms with Gasteiger partial charge in [0.25, 0.3) is 0 Å². The molecule has 4 rings (SSSR count). The highest BCUT2D eigenvalue weighted by molar-refractivity contribution is 5.84. The minimum atomic E-state index is -0.619. The number of nitrogens with one attached hydrogen (secondary N) is 3. The monoisotopic (exact) mass is 391 g/mol. The van der Waals surface area contributed by atoms with Gasteiger partial charge in [-0.25, -0.2) is 0 Å². The second-order valence-electron chi connectivity index (χ2n) is 7.08. The van der Waals surface area contributed by atoms with Crippen LogP contribution in [0, 0.1) is 0 Å². The fourth-order valence-corrected chi connectivity index (χ4v) is 3.64. The molecule has 0 unspecified atom stereocenters. The SMILES string of the molecule is O=C(NCCNc1ccc(-c2ccccc2)nn1)C1(n2cccn2)CCNCC1. The molecule has 1 aromatic carbocycles. The molecule has 3 N–H and O–H groups in total. The predicted octanol–water partition coefficient (Wildman–Crippen LogP) is 1.65. The van der Waals surface area contributed by atoms with E-state index in [2.05, 4.69) is 31.2 Å². The van der Waals surface area contributed by atoms with Gasteiger partial charge in [-0.2, -0.15) is 5.10 Å². The van der Waals surface area contributed by atoms with Gasteiger partial charge < -0.3 is 16.0 Å². The average molecular weight is 391 g/mol. The molecule has 3 aromatic rings. The summed E-state index contributed by atoms with van der Waals surface area (Å²) in [4.78, 5) is 13.0. The Morgan fingerprint density at radius 2 is 1.86 bits per heavy atom. The van der Waals surface area contributed by atoms with E-state index in [1.807, 2.05) is 54.7 Å². The molecule has 0 radical (unpaired) electrons. The van der Waals surface area contributed by atoms with E-state index in [0.717, 1.165) is 37.2 Å². The Balaban J connectivity index is 1.30. The highest BCUT2D eigenvalue weighted by Gasteiger charge is 2.41. The second-order valence-corrected chi connectivity index (χ2v) is 7.08. The number of rotatable bonds is 7. The summed E-state index contributed by atoms with van der Waals surface area (Å²) in [5.41, 5.74) is 1.24. The molecular weight excluding hydrogens is 366 g/mol. The summed E-state index contributed by atoms with van der Waals surface area (Å²) >= 11 is 0. The molecule has 1 fully saturated rings. The highest BCUT2D eigenvalue weighted by atomic mass is 16.2. The first-order valence-corrected chi connectivity index (χ1v) is 9.90. The zero-order chi connectivity index (χ0) is 19.9. The number of piperidine rings is 1. The van der Waals surface area contributed by atoms with Gasteiger partial charge in [0, 0.05) is 31.0 Å². The zero-order valence-corrected chi connectivity index (χ0v) is 16.2. The molecule has 29 heavy (non-hydrogen) atoms. The van der Waals surface area contributed by atoms with Gasteiger partial charge in [0.15, 0.2) is 0 Å². The smallest absolute Gasteiger partial charge is 0.248 e. The lowest BCUT2D eigenvalue weighted by atomic mass is 9.87. The molecule has 1 saturated heterocycles. The van der Waals surface area contributed by atoms with Crippen molar-refractivity contribution in [1.29, 1.82) is 0 Å². The summed E-state index contributed by atoms with van der Waals surface area (Å²) < 4.78 is 1.80. The van der Waals surface area contributed by atoms with Crippen molar-refractivity contribution < 1.29 is 4.79 Å². The Morgan fingerprint density at radius 3 is 2.55 bits per heavy atom. The van der Waals surface area contributed by atoms with Crippen molar-refractivity contribution in [3.8, 4) is 11.3 Å². The highest BCUT2D eigenvalue weighted by Crippen LogP contribution is 2.27. The Hall–Kier alpha value is -3.26. The Morgan fingerprint density at radius 1 is 1.03 bits per heavy atom. The van der Waals surface area contributed by atoms with Gasteiger partial charge in [-0.05, 0) is 44.1 Å². The Kier molecular flexibility index (Phi) is 5.81. The number of benzene rings is 1. The quantitative estimate of drug-likeness (QED) is 0.530. The molecule has 2 aromatic heterocycles. The lowest BCUT2D eigenvalue weighted by Gasteiger charge is -2.36. The minimum Gasteiger partial charge on any atom is -0.367 e. The summed E-state index contributed by atoms with van der Waals surface area (Å²) in [6, 6.07) is 15.6. The largest absolute Gasteiger partial charge is 0.367 e. The lowest BCUT2D eigenvalue weighted by Crippen LogP contribution is -2.55. The van der Waals surface area contributed by atoms with E-state index in [4.69, 9.17) is 0 Å². The first-order valence-electron chi connectivity index (χ1n) is 9.90. The molecule has 1 aliphatic rings. The molecule has 0 spiro atoms. The van der Waals surface area contributed by atoms with Gasteiger partial charge in [-0.15, -0.1) is 10.2 Å². The van der Waals surface area contributed by atoms with Crippen LogP contribution in [0.5, 0.6) is 0 Å². The van der Waals surface area contributed by atoms with E-state index in [0.29, 0.717) is 18.9 Å². The molecule has 8 heteroatoms. The van der Waals surface area contributed by atoms with Crippen molar-refractivity contribution >= 4 is 11.7 Å². The minimum absolute atomic E-state index is 0.00927. The lowest BCUT2D eigenvalue weighted by molar-refractivity contribution is -0.131. The summed E-state index contributed by atoms with van der Waals surface area (Å²) in [6.45, 7) is 2.67. The van der Waals surface area contributed by atoms with Crippen LogP contribution in [-0.2, 0) is 10.3 Å². The van der Waals surface area contributed by atoms with Crippen molar-refractivity contribution in [3.05, 3.63) is 60.9 Å². The van der Waals surface area contributed by atoms with Crippen LogP contribution in [-0.4, -0.2) is 52.1 Å². The molecule has 8 nitrogen and oxygen atoms in total. The van der Waals surface area contributed by atoms with Crippen LogP contribution < -0.4 is 16.0 Å². The number of hydrogen-bond acceptors (Lipinski definition) is 6. The maximum Gasteiger partial charge on any atom is 0.248 e. The summed E-state index contributed by atoms with van der Waals surface area (Å²) in [6.07, 6.45) is 5.03. The third kappa shape index (κ3) is 4.27. The van der Waals surface area contributed by atoms with E-state index < -0.39 is 5.54 Å². The van der Waals surface area contributed by atoms with Crippen molar-refractivity contribution in [2.45, 2.75) is 18.4 Å². The number of hydrogen-bond donors (Lipinski definition) is 3. The summed E-state index contributed by atoms with van der Waals surface area (Å²) in [7, 11) is 0. The van der Waals surface area contributed by atoms with E-state index in [1.165, 1.54) is 0 Å². The zero-order valence-electron chi connectivity index (χ0n) is 16.2. The molecule has 0 atom stereocenters. The maximum absolute atomic E-state index is 13.0. The van der Waals surface area contributed by atoms with Gasteiger partial charge in [0.2, 0.25) is 5.91 Å². The standard InChI is InChI=1S/C21H25N7O/c29-20(21(9-12-22-13-10-21)28-16-4-11-25-28)24-15-14-23-19-8-7-18(26-27-19)17-5-2-1-3-6-17/h1-8,11,16,22H,9-10,12-15H2,(H,23,27)(H,24,29). The number of carbonyl (C=O) groups excluding carboxylic acids is 1. The van der Waals surface area contributed by atoms with Gasteiger partial charge >= 0.3 is 0 Å². The number of aromatic nitrogens is 4. The van der Waals surface area contributed by atoms with Crippen LogP contribution in [0.25, 0.3) is 11.3 Å². The van der Waals surface area contributed by atoms with Crippen molar-refractivity contribution in [1.82, 2.24) is 30.6 Å². The van der Waals surface area contributed by atoms with Crippen molar-refractivity contribution in [2.24, 2.45) is 0 Å². The van der Waals surface area contributed by atoms with E-state index in [9.17, 15) is 4.79 Å². The number of amides is 1. The van der Waals surface area contributed by atoms with Crippen LogP contribution in [0.1, 0.15) is 12.8 Å². The average Bonchev–Trinajstić information content (AvgIpc) is 3.34. The number of nitrogens with zero attached hydrogens (tertiary/aromatic N) is 4. The van der Waals surface area contributed by atoms with E-state index >= 15 is 0 Å². The van der Waals surface area contributed by atoms with Crippen LogP contribution >= 0.6 is 0 Å². The number of carbonyl (C=O) groups is 1. The second kappa shape index (κ2) is 8.83. The third-order valence-electron chi connectivity index (χ3n) is 5.25. The fraction of sp³-hybridized carbons (Fsp3) is 0.333. The summed E-state index contributed by atoms with van der Waals surface area (Å²) in [5, 5.41) is 22.4. The molecule has 3 heterocycles. The topological polar surface area (TPSA) is 96.8 Å². The number of anilines is 1. The molecule has 1 amide bonds. The van der Waals surface area contributed by atoms with Gasteiger partial charge in [0.05, 0.1) is 5.69 Å². The Labute approximate surface area is 169 Å². The molecule has 0 saturated carbocycles. The maximum atomic E-state index is 13.0. The summed E-state index contributed by atoms with van der Waals surface area (Å²) in [5.74, 6) is 0.692. The van der Waals surface area contributed by atoms with E-state index in [-0.39, 0.29) is 5.91 Å². The van der Waals surface area contributed by atoms with Crippen LogP contribution in [0.3, 0.4) is 0 Å². The van der Waals surface area contributed by atoms with Crippen LogP contribution in [0.2, 0.25) is 0 Å². The van der Waals surface area contributed by atoms with Crippen LogP contribution in [0.4, 0.5) is 5.82 Å². The third-order valence-corrected chi connectivity index (χ3v) is 5.25. The van der Waals surface area contributed by atoms with Crippen molar-refractivity contribution in [2.75, 3.05) is 31.5 Å². The van der Waals surface area contributed by atoms with E-state index in [1.54, 1.807) is 10.9 Å². The van der Waals surface area contributed by atoms with Gasteiger partial charge in [0.1, 0.15) is 11.4 Å². The predicted molar refractivity (Wildman–Crippen MR) is 111 cm³/mol. The van der Waals surface area contributed by atoms with Crippen LogP contribution in [0.15, 0.2) is 60.9 Å².